The molecule has 0 atom stereocenters. The Bertz CT molecular complexity index is 1070. The van der Waals surface area contributed by atoms with Crippen LogP contribution in [0.2, 0.25) is 0 Å². The molecule has 0 aromatic heterocycles. The number of ether oxygens (including phenoxy) is 2. The minimum absolute atomic E-state index is 0.550. The maximum Gasteiger partial charge on any atom is 0.134 e. The molecular formula is C26H22BrNO2. The molecule has 0 aliphatic carbocycles. The molecule has 4 heteroatoms. The number of hydrogen-bond acceptors (Lipinski definition) is 3. The molecule has 0 spiro atoms. The lowest BCUT2D eigenvalue weighted by atomic mass is 10.2. The Balaban J connectivity index is 1.30. The Labute approximate surface area is 185 Å². The van der Waals surface area contributed by atoms with E-state index in [1.807, 2.05) is 78.9 Å². The van der Waals surface area contributed by atoms with Gasteiger partial charge in [-0.1, -0.05) is 54.6 Å². The predicted octanol–water partition coefficient (Wildman–Crippen LogP) is 7.43. The normalized spacial score (nSPS) is 10.4. The quantitative estimate of drug-likeness (QED) is 0.297. The molecule has 4 rings (SSSR count). The van der Waals surface area contributed by atoms with Gasteiger partial charge in [0.25, 0.3) is 0 Å². The average Bonchev–Trinajstić information content (AvgIpc) is 2.79. The smallest absolute Gasteiger partial charge is 0.134 e. The van der Waals surface area contributed by atoms with E-state index < -0.39 is 0 Å². The zero-order valence-electron chi connectivity index (χ0n) is 16.4. The molecule has 30 heavy (non-hydrogen) atoms. The van der Waals surface area contributed by atoms with Crippen molar-refractivity contribution in [2.45, 2.75) is 13.2 Å². The van der Waals surface area contributed by atoms with Crippen molar-refractivity contribution >= 4 is 21.6 Å². The van der Waals surface area contributed by atoms with Crippen LogP contribution in [0, 0.1) is 0 Å². The van der Waals surface area contributed by atoms with E-state index in [0.717, 1.165) is 39.5 Å². The Morgan fingerprint density at radius 2 is 1.33 bits per heavy atom. The largest absolute Gasteiger partial charge is 0.488 e. The van der Waals surface area contributed by atoms with Crippen LogP contribution in [0.3, 0.4) is 0 Å². The predicted molar refractivity (Wildman–Crippen MR) is 125 cm³/mol. The number of nitrogens with one attached hydrogen (secondary N) is 1. The molecule has 0 aliphatic rings. The molecular weight excluding hydrogens is 438 g/mol. The zero-order valence-corrected chi connectivity index (χ0v) is 18.0. The lowest BCUT2D eigenvalue weighted by Crippen LogP contribution is -2.00. The van der Waals surface area contributed by atoms with Gasteiger partial charge >= 0.3 is 0 Å². The number of anilines is 1. The monoisotopic (exact) mass is 459 g/mol. The van der Waals surface area contributed by atoms with Gasteiger partial charge in [-0.2, -0.15) is 0 Å². The van der Waals surface area contributed by atoms with Gasteiger partial charge in [-0.3, -0.25) is 0 Å². The first-order valence-corrected chi connectivity index (χ1v) is 10.6. The minimum atomic E-state index is 0.550. The van der Waals surface area contributed by atoms with Crippen LogP contribution in [0.4, 0.5) is 5.69 Å². The molecule has 4 aromatic carbocycles. The highest BCUT2D eigenvalue weighted by Crippen LogP contribution is 2.28. The first-order valence-electron chi connectivity index (χ1n) is 9.78. The molecule has 0 aliphatic heterocycles. The first kappa shape index (κ1) is 20.0. The van der Waals surface area contributed by atoms with Gasteiger partial charge in [0.1, 0.15) is 23.9 Å². The number of para-hydroxylation sites is 1. The summed E-state index contributed by atoms with van der Waals surface area (Å²) in [6.45, 7) is 1.27. The van der Waals surface area contributed by atoms with Crippen molar-refractivity contribution in [3.05, 3.63) is 119 Å². The third-order valence-electron chi connectivity index (χ3n) is 4.56. The molecule has 0 heterocycles. The van der Waals surface area contributed by atoms with Gasteiger partial charge in [0.2, 0.25) is 0 Å². The summed E-state index contributed by atoms with van der Waals surface area (Å²) in [7, 11) is 0. The Hall–Kier alpha value is -3.24. The molecule has 1 N–H and O–H groups in total. The average molecular weight is 460 g/mol. The SMILES string of the molecule is Brc1cc(CNc2ccc(Oc3ccccc3)cc2)ccc1OCc1ccccc1. The second-order valence-corrected chi connectivity index (χ2v) is 7.69. The summed E-state index contributed by atoms with van der Waals surface area (Å²) in [4.78, 5) is 0. The maximum atomic E-state index is 5.92. The van der Waals surface area contributed by atoms with Crippen molar-refractivity contribution in [2.24, 2.45) is 0 Å². The second-order valence-electron chi connectivity index (χ2n) is 6.83. The molecule has 0 radical (unpaired) electrons. The number of benzene rings is 4. The summed E-state index contributed by atoms with van der Waals surface area (Å²) in [5.41, 5.74) is 3.35. The van der Waals surface area contributed by atoms with E-state index >= 15 is 0 Å². The topological polar surface area (TPSA) is 30.5 Å². The third-order valence-corrected chi connectivity index (χ3v) is 5.18. The molecule has 3 nitrogen and oxygen atoms in total. The molecule has 0 saturated carbocycles. The fourth-order valence-electron chi connectivity index (χ4n) is 2.98. The standard InChI is InChI=1S/C26H22BrNO2/c27-25-17-21(11-16-26(25)29-19-20-7-3-1-4-8-20)18-28-22-12-14-24(15-13-22)30-23-9-5-2-6-10-23/h1-17,28H,18-19H2. The highest BCUT2D eigenvalue weighted by molar-refractivity contribution is 9.10. The first-order chi connectivity index (χ1) is 14.8. The van der Waals surface area contributed by atoms with E-state index in [4.69, 9.17) is 9.47 Å². The highest BCUT2D eigenvalue weighted by Gasteiger charge is 2.04. The molecule has 150 valence electrons. The van der Waals surface area contributed by atoms with E-state index in [0.29, 0.717) is 6.61 Å². The van der Waals surface area contributed by atoms with Crippen molar-refractivity contribution in [1.29, 1.82) is 0 Å². The van der Waals surface area contributed by atoms with Crippen LogP contribution in [0.5, 0.6) is 17.2 Å². The van der Waals surface area contributed by atoms with Gasteiger partial charge < -0.3 is 14.8 Å². The Morgan fingerprint density at radius 1 is 0.667 bits per heavy atom. The summed E-state index contributed by atoms with van der Waals surface area (Å²) in [6.07, 6.45) is 0. The summed E-state index contributed by atoms with van der Waals surface area (Å²) in [5.74, 6) is 2.48. The van der Waals surface area contributed by atoms with Crippen molar-refractivity contribution in [1.82, 2.24) is 0 Å². The molecule has 4 aromatic rings. The van der Waals surface area contributed by atoms with E-state index in [9.17, 15) is 0 Å². The van der Waals surface area contributed by atoms with E-state index in [1.165, 1.54) is 5.56 Å². The van der Waals surface area contributed by atoms with Crippen LogP contribution in [-0.4, -0.2) is 0 Å². The number of halogens is 1. The van der Waals surface area contributed by atoms with Gasteiger partial charge in [0, 0.05) is 12.2 Å². The van der Waals surface area contributed by atoms with Crippen molar-refractivity contribution < 1.29 is 9.47 Å². The van der Waals surface area contributed by atoms with Crippen molar-refractivity contribution in [2.75, 3.05) is 5.32 Å². The Morgan fingerprint density at radius 3 is 2.03 bits per heavy atom. The molecule has 0 amide bonds. The van der Waals surface area contributed by atoms with E-state index in [-0.39, 0.29) is 0 Å². The lowest BCUT2D eigenvalue weighted by molar-refractivity contribution is 0.304. The number of rotatable bonds is 8. The fourth-order valence-corrected chi connectivity index (χ4v) is 3.52. The fraction of sp³-hybridized carbons (Fsp3) is 0.0769. The molecule has 0 bridgehead atoms. The zero-order chi connectivity index (χ0) is 20.6. The highest BCUT2D eigenvalue weighted by atomic mass is 79.9. The van der Waals surface area contributed by atoms with Gasteiger partial charge in [-0.15, -0.1) is 0 Å². The van der Waals surface area contributed by atoms with Gasteiger partial charge in [-0.25, -0.2) is 0 Å². The van der Waals surface area contributed by atoms with Gasteiger partial charge in [0.05, 0.1) is 4.47 Å². The number of hydrogen-bond donors (Lipinski definition) is 1. The molecule has 0 fully saturated rings. The van der Waals surface area contributed by atoms with Crippen LogP contribution in [-0.2, 0) is 13.2 Å². The van der Waals surface area contributed by atoms with Crippen LogP contribution < -0.4 is 14.8 Å². The second kappa shape index (κ2) is 9.99. The van der Waals surface area contributed by atoms with Crippen LogP contribution in [0.25, 0.3) is 0 Å². The van der Waals surface area contributed by atoms with Crippen LogP contribution in [0.1, 0.15) is 11.1 Å². The van der Waals surface area contributed by atoms with E-state index in [2.05, 4.69) is 45.5 Å². The minimum Gasteiger partial charge on any atom is -0.488 e. The van der Waals surface area contributed by atoms with Gasteiger partial charge in [-0.05, 0) is 75.6 Å². The summed E-state index contributed by atoms with van der Waals surface area (Å²) >= 11 is 3.62. The van der Waals surface area contributed by atoms with Crippen LogP contribution in [0.15, 0.2) is 108 Å². The Kier molecular flexibility index (Phi) is 6.68. The molecule has 0 saturated heterocycles. The molecule has 0 unspecified atom stereocenters. The third kappa shape index (κ3) is 5.65. The van der Waals surface area contributed by atoms with Gasteiger partial charge in [0.15, 0.2) is 0 Å². The lowest BCUT2D eigenvalue weighted by Gasteiger charge is -2.12. The summed E-state index contributed by atoms with van der Waals surface area (Å²) in [6, 6.07) is 34.1. The van der Waals surface area contributed by atoms with Crippen molar-refractivity contribution in [3.8, 4) is 17.2 Å². The van der Waals surface area contributed by atoms with E-state index in [1.54, 1.807) is 0 Å². The maximum absolute atomic E-state index is 5.92. The van der Waals surface area contributed by atoms with Crippen molar-refractivity contribution in [3.63, 3.8) is 0 Å². The summed E-state index contributed by atoms with van der Waals surface area (Å²) in [5, 5.41) is 3.44. The summed E-state index contributed by atoms with van der Waals surface area (Å²) < 4.78 is 12.7. The van der Waals surface area contributed by atoms with Crippen LogP contribution >= 0.6 is 15.9 Å².